The Morgan fingerprint density at radius 1 is 0.0952 bits per heavy atom. The first kappa shape index (κ1) is 87.3. The Labute approximate surface area is 846 Å². The van der Waals surface area contributed by atoms with Gasteiger partial charge in [-0.15, -0.1) is 0 Å². The quantitative estimate of drug-likeness (QED) is 0.0904. The monoisotopic (exact) mass is 1880 g/mol. The normalized spacial score (nSPS) is 11.4. The van der Waals surface area contributed by atoms with Gasteiger partial charge in [-0.25, -0.2) is 44.9 Å². The van der Waals surface area contributed by atoms with Gasteiger partial charge in [-0.3, -0.25) is 0 Å². The molecule has 0 amide bonds. The third kappa shape index (κ3) is 16.9. The van der Waals surface area contributed by atoms with Gasteiger partial charge in [0.2, 0.25) is 0 Å². The predicted octanol–water partition coefficient (Wildman–Crippen LogP) is 35.4. The molecular weight excluding hydrogens is 1800 g/mol. The van der Waals surface area contributed by atoms with E-state index in [-0.39, 0.29) is 0 Å². The van der Waals surface area contributed by atoms with Crippen LogP contribution in [0.1, 0.15) is 0 Å². The molecule has 0 bridgehead atoms. The highest BCUT2D eigenvalue weighted by Crippen LogP contribution is 2.49. The maximum atomic E-state index is 6.72. The zero-order valence-corrected chi connectivity index (χ0v) is 79.3. The van der Waals surface area contributed by atoms with Gasteiger partial charge >= 0.3 is 0 Å². The molecule has 147 heavy (non-hydrogen) atoms. The Morgan fingerprint density at radius 2 is 0.259 bits per heavy atom. The van der Waals surface area contributed by atoms with Crippen molar-refractivity contribution in [3.05, 3.63) is 516 Å². The smallest absolute Gasteiger partial charge is 0.164 e. The number of furan rings is 3. The average molecular weight is 1880 g/mol. The number of fused-ring (bicyclic) bond motifs is 15. The van der Waals surface area contributed by atoms with Crippen LogP contribution in [0, 0.1) is 0 Å². The summed E-state index contributed by atoms with van der Waals surface area (Å²) in [7, 11) is 0. The van der Waals surface area contributed by atoms with Crippen LogP contribution < -0.4 is 0 Å². The van der Waals surface area contributed by atoms with E-state index in [9.17, 15) is 0 Å². The first-order chi connectivity index (χ1) is 72.9. The zero-order valence-electron chi connectivity index (χ0n) is 79.3. The maximum absolute atomic E-state index is 6.72. The molecule has 0 radical (unpaired) electrons. The van der Waals surface area contributed by atoms with Crippen LogP contribution in [0.25, 0.3) is 279 Å². The summed E-state index contributed by atoms with van der Waals surface area (Å²) in [4.78, 5) is 44.5. The molecule has 0 unspecified atom stereocenters. The lowest BCUT2D eigenvalue weighted by Crippen LogP contribution is -2.00. The molecule has 0 saturated carbocycles. The molecule has 0 saturated heterocycles. The van der Waals surface area contributed by atoms with Crippen molar-refractivity contribution in [3.8, 4) is 180 Å². The van der Waals surface area contributed by atoms with Crippen LogP contribution in [-0.2, 0) is 0 Å². The average Bonchev–Trinajstić information content (AvgIpc) is 1.55. The van der Waals surface area contributed by atoms with E-state index in [1.807, 2.05) is 176 Å². The first-order valence-electron chi connectivity index (χ1n) is 49.2. The van der Waals surface area contributed by atoms with Crippen LogP contribution >= 0.6 is 0 Å². The highest BCUT2D eigenvalue weighted by atomic mass is 16.3. The fourth-order valence-electron chi connectivity index (χ4n) is 20.2. The lowest BCUT2D eigenvalue weighted by molar-refractivity contribution is 0.673. The Kier molecular flexibility index (Phi) is 22.7. The molecule has 28 aromatic rings. The third-order valence-electron chi connectivity index (χ3n) is 27.4. The number of hydrogen-bond donors (Lipinski definition) is 0. The van der Waals surface area contributed by atoms with E-state index in [0.717, 1.165) is 221 Å². The first-order valence-corrected chi connectivity index (χ1v) is 49.2. The van der Waals surface area contributed by atoms with Crippen molar-refractivity contribution >= 4 is 98.1 Å². The van der Waals surface area contributed by atoms with Gasteiger partial charge in [-0.1, -0.05) is 491 Å². The summed E-state index contributed by atoms with van der Waals surface area (Å²) in [5.74, 6) is 5.76. The molecule has 12 nitrogen and oxygen atoms in total. The molecule has 22 aromatic carbocycles. The van der Waals surface area contributed by atoms with E-state index in [1.54, 1.807) is 0 Å². The highest BCUT2D eigenvalue weighted by molar-refractivity contribution is 6.24. The largest absolute Gasteiger partial charge is 0.455 e. The minimum Gasteiger partial charge on any atom is -0.455 e. The number of aromatic nitrogens is 9. The second-order valence-electron chi connectivity index (χ2n) is 36.4. The molecule has 0 fully saturated rings. The van der Waals surface area contributed by atoms with E-state index >= 15 is 0 Å². The van der Waals surface area contributed by atoms with Gasteiger partial charge in [0.1, 0.15) is 33.5 Å². The van der Waals surface area contributed by atoms with Gasteiger partial charge in [0.25, 0.3) is 0 Å². The second-order valence-corrected chi connectivity index (χ2v) is 36.4. The Balaban J connectivity index is 0.000000112. The number of hydrogen-bond acceptors (Lipinski definition) is 12. The van der Waals surface area contributed by atoms with Crippen LogP contribution in [0.2, 0.25) is 0 Å². The molecule has 6 heterocycles. The minimum absolute atomic E-state index is 0.627. The van der Waals surface area contributed by atoms with Gasteiger partial charge in [-0.05, 0) is 102 Å². The van der Waals surface area contributed by atoms with E-state index < -0.39 is 0 Å². The molecular formula is C135H85N9O3. The van der Waals surface area contributed by atoms with Crippen LogP contribution in [0.5, 0.6) is 0 Å². The summed E-state index contributed by atoms with van der Waals surface area (Å²) in [5, 5.41) is 13.3. The highest BCUT2D eigenvalue weighted by Gasteiger charge is 2.25. The number of para-hydroxylation sites is 3. The third-order valence-corrected chi connectivity index (χ3v) is 27.4. The lowest BCUT2D eigenvalue weighted by atomic mass is 9.94. The summed E-state index contributed by atoms with van der Waals surface area (Å²) >= 11 is 0. The van der Waals surface area contributed by atoms with Crippen molar-refractivity contribution < 1.29 is 13.3 Å². The van der Waals surface area contributed by atoms with Gasteiger partial charge in [0, 0.05) is 115 Å². The summed E-state index contributed by atoms with van der Waals surface area (Å²) in [5.41, 5.74) is 29.6. The van der Waals surface area contributed by atoms with Crippen molar-refractivity contribution in [3.63, 3.8) is 0 Å². The molecule has 28 rings (SSSR count). The maximum Gasteiger partial charge on any atom is 0.164 e. The van der Waals surface area contributed by atoms with Crippen molar-refractivity contribution in [1.29, 1.82) is 0 Å². The van der Waals surface area contributed by atoms with Crippen LogP contribution in [0.15, 0.2) is 529 Å². The number of benzene rings is 22. The molecule has 0 aliphatic carbocycles. The van der Waals surface area contributed by atoms with Crippen molar-refractivity contribution in [2.24, 2.45) is 0 Å². The Bertz CT molecular complexity index is 9680. The summed E-state index contributed by atoms with van der Waals surface area (Å²) < 4.78 is 20.1. The fourth-order valence-corrected chi connectivity index (χ4v) is 20.2. The van der Waals surface area contributed by atoms with E-state index in [1.165, 1.54) is 5.56 Å². The molecule has 6 aromatic heterocycles. The molecule has 12 heteroatoms. The number of rotatable bonds is 16. The van der Waals surface area contributed by atoms with Gasteiger partial charge in [0.05, 0.1) is 0 Å². The van der Waals surface area contributed by atoms with Crippen LogP contribution in [0.4, 0.5) is 0 Å². The SMILES string of the molecule is c1ccc(-c2ccc(-c3nc(-c4ccccc4)nc(-c4ccc(-c5cc6c7cccc(-c8ccccc8)c7oc6c6ccccc56)cc4)n3)cc2)cc1.c1ccc(-c2nc(-c3ccccc3)nc(-c3ccc(-c4cc5c6cccc(-c7ccccc7)c6oc5c5ccccc45)cc3)n2)cc1.c1ccc(-c2nc(-c3ccccc3)nc(-c3cccc(-c4cc5c6cccc(-c7ccccc7)c6oc5c5ccccc45)c3)n2)cc1. The molecule has 0 aliphatic heterocycles. The predicted molar refractivity (Wildman–Crippen MR) is 601 cm³/mol. The van der Waals surface area contributed by atoms with Crippen molar-refractivity contribution in [2.45, 2.75) is 0 Å². The summed E-state index contributed by atoms with van der Waals surface area (Å²) in [6, 6.07) is 178. The molecule has 0 spiro atoms. The standard InChI is InChI=1S/C49H31N3O.2C43H27N3O/c1-4-13-32(14-5-1)33-23-27-37(28-24-33)48-50-47(36-17-8-3-9-18-36)51-49(52-48)38-29-25-35(26-30-38)43-31-44-42-22-12-21-39(34-15-6-2-7-16-34)45(42)53-46(44)41-20-11-10-19-40(41)43;1-4-14-28(15-5-1)33-24-13-25-36-38-27-37(34-22-10-11-23-35(34)40(38)47-39(33)36)31-20-12-21-32(26-31)43-45-41(29-16-6-2-7-17-29)44-42(46-43)30-18-8-3-9-19-30;1-4-13-28(14-5-1)33-21-12-22-36-38-27-37(34-19-10-11-20-35(34)40(38)47-39(33)36)29-23-25-32(26-24-29)43-45-41(30-15-6-2-7-16-30)44-42(46-43)31-17-8-3-9-18-31/h1-31H;2*1-27H. The van der Waals surface area contributed by atoms with Gasteiger partial charge in [-0.2, -0.15) is 0 Å². The van der Waals surface area contributed by atoms with E-state index in [2.05, 4.69) is 340 Å². The lowest BCUT2D eigenvalue weighted by Gasteiger charge is -2.11. The van der Waals surface area contributed by atoms with Crippen molar-refractivity contribution in [2.75, 3.05) is 0 Å². The summed E-state index contributed by atoms with van der Waals surface area (Å²) in [6.07, 6.45) is 0. The second kappa shape index (κ2) is 38.2. The fraction of sp³-hybridized carbons (Fsp3) is 0. The zero-order chi connectivity index (χ0) is 97.5. The Hall–Kier alpha value is -20.0. The van der Waals surface area contributed by atoms with Crippen molar-refractivity contribution in [1.82, 2.24) is 44.9 Å². The minimum atomic E-state index is 0.627. The van der Waals surface area contributed by atoms with Gasteiger partial charge < -0.3 is 13.3 Å². The molecule has 0 N–H and O–H groups in total. The number of nitrogens with zero attached hydrogens (tertiary/aromatic N) is 9. The topological polar surface area (TPSA) is 155 Å². The van der Waals surface area contributed by atoms with E-state index in [4.69, 9.17) is 58.1 Å². The molecule has 688 valence electrons. The van der Waals surface area contributed by atoms with Crippen LogP contribution in [0.3, 0.4) is 0 Å². The molecule has 0 aliphatic rings. The van der Waals surface area contributed by atoms with E-state index in [0.29, 0.717) is 52.4 Å². The summed E-state index contributed by atoms with van der Waals surface area (Å²) in [6.45, 7) is 0. The Morgan fingerprint density at radius 3 is 0.531 bits per heavy atom. The van der Waals surface area contributed by atoms with Crippen LogP contribution in [-0.4, -0.2) is 44.9 Å². The van der Waals surface area contributed by atoms with Gasteiger partial charge in [0.15, 0.2) is 52.4 Å². The molecule has 0 atom stereocenters.